The number of anilines is 1. The predicted molar refractivity (Wildman–Crippen MR) is 219 cm³/mol. The third-order valence-corrected chi connectivity index (χ3v) is 13.2. The van der Waals surface area contributed by atoms with Gasteiger partial charge in [-0.2, -0.15) is 5.26 Å². The second kappa shape index (κ2) is 17.1. The van der Waals surface area contributed by atoms with Gasteiger partial charge in [0.25, 0.3) is 17.7 Å². The highest BCUT2D eigenvalue weighted by molar-refractivity contribution is 6.42. The number of piperidine rings is 4. The molecule has 6 fully saturated rings. The molecule has 4 N–H and O–H groups in total. The molecule has 6 heterocycles. The summed E-state index contributed by atoms with van der Waals surface area (Å²) in [5, 5.41) is 31.5. The van der Waals surface area contributed by atoms with Crippen molar-refractivity contribution in [1.82, 2.24) is 25.3 Å². The first-order valence-corrected chi connectivity index (χ1v) is 21.1. The number of nitrogens with one attached hydrogen (secondary N) is 4. The van der Waals surface area contributed by atoms with Crippen LogP contribution >= 0.6 is 11.6 Å². The Morgan fingerprint density at radius 3 is 2.32 bits per heavy atom. The molecule has 0 aromatic heterocycles. The molecule has 15 nitrogen and oxygen atoms in total. The lowest BCUT2D eigenvalue weighted by atomic mass is 9.87. The van der Waals surface area contributed by atoms with Crippen molar-refractivity contribution in [3.63, 3.8) is 0 Å². The number of amidine groups is 1. The van der Waals surface area contributed by atoms with Crippen LogP contribution in [0.15, 0.2) is 42.5 Å². The van der Waals surface area contributed by atoms with Crippen molar-refractivity contribution in [2.75, 3.05) is 37.6 Å². The highest BCUT2D eigenvalue weighted by atomic mass is 35.5. The van der Waals surface area contributed by atoms with Gasteiger partial charge in [0.1, 0.15) is 35.2 Å². The molecule has 0 radical (unpaired) electrons. The van der Waals surface area contributed by atoms with Crippen molar-refractivity contribution in [1.29, 1.82) is 16.1 Å². The first kappa shape index (κ1) is 41.1. The van der Waals surface area contributed by atoms with E-state index in [9.17, 15) is 24.0 Å². The molecule has 17 heteroatoms. The highest BCUT2D eigenvalue weighted by Crippen LogP contribution is 2.39. The fraction of sp³-hybridized carbons (Fsp3) is 0.488. The Kier molecular flexibility index (Phi) is 11.7. The number of likely N-dealkylation sites (tertiary alicyclic amines) is 1. The molecule has 5 amide bonds. The summed E-state index contributed by atoms with van der Waals surface area (Å²) < 4.78 is 21.8. The Morgan fingerprint density at radius 2 is 1.65 bits per heavy atom. The number of piperazine rings is 1. The number of amides is 5. The molecule has 5 saturated heterocycles. The maximum absolute atomic E-state index is 15.7. The zero-order valence-electron chi connectivity index (χ0n) is 33.1. The van der Waals surface area contributed by atoms with Gasteiger partial charge in [-0.1, -0.05) is 11.6 Å². The lowest BCUT2D eigenvalue weighted by molar-refractivity contribution is -0.136. The molecule has 6 aliphatic heterocycles. The number of nitrogens with zero attached hydrogens (tertiary/aromatic N) is 5. The van der Waals surface area contributed by atoms with E-state index < -0.39 is 41.4 Å². The topological polar surface area (TPSA) is 203 Å². The molecule has 2 aromatic carbocycles. The Bertz CT molecular complexity index is 2210. The minimum atomic E-state index is -1.11. The van der Waals surface area contributed by atoms with Gasteiger partial charge in [-0.3, -0.25) is 49.9 Å². The van der Waals surface area contributed by atoms with Gasteiger partial charge >= 0.3 is 0 Å². The molecule has 3 atom stereocenters. The minimum absolute atomic E-state index is 0.00683. The number of hydrogen-bond donors (Lipinski definition) is 4. The second-order valence-corrected chi connectivity index (χ2v) is 17.1. The van der Waals surface area contributed by atoms with Crippen molar-refractivity contribution in [3.05, 3.63) is 70.0 Å². The molecule has 1 saturated carbocycles. The van der Waals surface area contributed by atoms with Crippen LogP contribution in [0.5, 0.6) is 5.75 Å². The summed E-state index contributed by atoms with van der Waals surface area (Å²) in [7, 11) is 0. The van der Waals surface area contributed by atoms with Gasteiger partial charge < -0.3 is 19.9 Å². The van der Waals surface area contributed by atoms with Gasteiger partial charge in [0.05, 0.1) is 33.5 Å². The van der Waals surface area contributed by atoms with Crippen LogP contribution in [-0.2, 0) is 14.4 Å². The Hall–Kier alpha value is -5.66. The lowest BCUT2D eigenvalue weighted by Crippen LogP contribution is -2.63. The number of hydrogen-bond acceptors (Lipinski definition) is 11. The number of ether oxygens (including phenoxy) is 1. The number of benzene rings is 2. The minimum Gasteiger partial charge on any atom is -0.490 e. The van der Waals surface area contributed by atoms with E-state index in [1.54, 1.807) is 18.2 Å². The fourth-order valence-corrected chi connectivity index (χ4v) is 9.82. The van der Waals surface area contributed by atoms with Gasteiger partial charge in [0.2, 0.25) is 11.8 Å². The number of imide groups is 2. The Balaban J connectivity index is 0.774. The molecule has 0 spiro atoms. The standard InChI is InChI=1S/C43H47ClFN9O6/c44-33-17-30(6-1-25(33)20-46)60-29-7-2-26(3-8-29)49-40(56)35(47)9-11-38(48)51-15-13-24(14-16-51)21-52-22-28-5-4-27(52)23-53(28)37-19-32-31(18-34(37)45)42(58)54(43(32)59)36-10-12-39(55)50-41(36)57/h1,6,9,11,17-19,24,26-29,36,47-48H,2-5,7-8,10,12-16,21-23H2,(H,49,56)(H,50,55,57)/b11-9-,47-35?,48-38?. The largest absolute Gasteiger partial charge is 0.490 e. The average Bonchev–Trinajstić information content (AvgIpc) is 3.47. The number of carbonyl (C=O) groups is 5. The predicted octanol–water partition coefficient (Wildman–Crippen LogP) is 4.18. The highest BCUT2D eigenvalue weighted by Gasteiger charge is 2.47. The van der Waals surface area contributed by atoms with Gasteiger partial charge in [0.15, 0.2) is 0 Å². The third-order valence-electron chi connectivity index (χ3n) is 12.9. The van der Waals surface area contributed by atoms with E-state index in [0.717, 1.165) is 62.6 Å². The van der Waals surface area contributed by atoms with Crippen LogP contribution in [0.25, 0.3) is 0 Å². The van der Waals surface area contributed by atoms with Gasteiger partial charge in [-0.05, 0) is 100 Å². The van der Waals surface area contributed by atoms with Gasteiger partial charge in [0, 0.05) is 63.3 Å². The summed E-state index contributed by atoms with van der Waals surface area (Å²) in [6, 6.07) is 8.61. The van der Waals surface area contributed by atoms with E-state index in [1.165, 1.54) is 18.2 Å². The van der Waals surface area contributed by atoms with E-state index in [4.69, 9.17) is 32.4 Å². The SMILES string of the molecule is N#Cc1ccc(OC2CCC(NC(=O)C(=N)/C=C\C(=N)N3CCC(CN4CC5CCC4CN5c4cc5c(cc4F)C(=O)N(C4CCC(=O)NC4=O)C5=O)CC3)CC2)cc1Cl. The number of halogens is 2. The number of fused-ring (bicyclic) bond motifs is 4. The molecule has 1 aliphatic carbocycles. The smallest absolute Gasteiger partial charge is 0.269 e. The molecule has 7 aliphatic rings. The zero-order valence-corrected chi connectivity index (χ0v) is 33.8. The zero-order chi connectivity index (χ0) is 42.2. The molecule has 2 aromatic rings. The normalized spacial score (nSPS) is 25.9. The fourth-order valence-electron chi connectivity index (χ4n) is 9.61. The van der Waals surface area contributed by atoms with Crippen LogP contribution in [-0.4, -0.2) is 119 Å². The van der Waals surface area contributed by atoms with Crippen LogP contribution in [0.1, 0.15) is 90.5 Å². The lowest BCUT2D eigenvalue weighted by Gasteiger charge is -2.53. The van der Waals surface area contributed by atoms with Crippen molar-refractivity contribution >= 4 is 58.4 Å². The van der Waals surface area contributed by atoms with E-state index in [-0.39, 0.29) is 65.4 Å². The molecule has 60 heavy (non-hydrogen) atoms. The second-order valence-electron chi connectivity index (χ2n) is 16.7. The van der Waals surface area contributed by atoms with E-state index in [2.05, 4.69) is 15.5 Å². The quantitative estimate of drug-likeness (QED) is 0.153. The summed E-state index contributed by atoms with van der Waals surface area (Å²) in [5.74, 6) is -2.34. The van der Waals surface area contributed by atoms with E-state index >= 15 is 4.39 Å². The molecule has 9 rings (SSSR count). The van der Waals surface area contributed by atoms with Crippen molar-refractivity contribution < 1.29 is 33.1 Å². The van der Waals surface area contributed by atoms with Crippen LogP contribution in [0.3, 0.4) is 0 Å². The van der Waals surface area contributed by atoms with Crippen LogP contribution in [0.2, 0.25) is 5.02 Å². The summed E-state index contributed by atoms with van der Waals surface area (Å²) in [4.78, 5) is 70.9. The van der Waals surface area contributed by atoms with Crippen molar-refractivity contribution in [2.45, 2.75) is 94.5 Å². The number of carbonyl (C=O) groups excluding carboxylic acids is 5. The molecule has 2 bridgehead atoms. The summed E-state index contributed by atoms with van der Waals surface area (Å²) in [6.07, 6.45) is 9.36. The maximum atomic E-state index is 15.7. The Labute approximate surface area is 351 Å². The first-order valence-electron chi connectivity index (χ1n) is 20.7. The van der Waals surface area contributed by atoms with E-state index in [1.807, 2.05) is 15.9 Å². The molecular weight excluding hydrogens is 793 g/mol. The molecule has 3 unspecified atom stereocenters. The average molecular weight is 840 g/mol. The van der Waals surface area contributed by atoms with Gasteiger partial charge in [-0.25, -0.2) is 4.39 Å². The molecular formula is C43H47ClFN9O6. The summed E-state index contributed by atoms with van der Waals surface area (Å²) in [5.41, 5.74) is 0.462. The number of rotatable bonds is 10. The van der Waals surface area contributed by atoms with Gasteiger partial charge in [-0.15, -0.1) is 0 Å². The summed E-state index contributed by atoms with van der Waals surface area (Å²) >= 11 is 6.13. The number of nitriles is 1. The van der Waals surface area contributed by atoms with Crippen molar-refractivity contribution in [2.24, 2.45) is 5.92 Å². The third kappa shape index (κ3) is 8.38. The van der Waals surface area contributed by atoms with E-state index in [0.29, 0.717) is 54.7 Å². The van der Waals surface area contributed by atoms with Crippen LogP contribution in [0.4, 0.5) is 10.1 Å². The first-order chi connectivity index (χ1) is 28.9. The Morgan fingerprint density at radius 1 is 0.933 bits per heavy atom. The van der Waals surface area contributed by atoms with Crippen LogP contribution < -0.4 is 20.3 Å². The molecule has 314 valence electrons. The monoisotopic (exact) mass is 839 g/mol. The maximum Gasteiger partial charge on any atom is 0.269 e. The van der Waals surface area contributed by atoms with Crippen molar-refractivity contribution in [3.8, 4) is 11.8 Å². The van der Waals surface area contributed by atoms with Crippen LogP contribution in [0, 0.1) is 33.9 Å². The summed E-state index contributed by atoms with van der Waals surface area (Å²) in [6.45, 7) is 3.57.